The molecular weight excluding hydrogens is 296 g/mol. The zero-order chi connectivity index (χ0) is 16.1. The highest BCUT2D eigenvalue weighted by Gasteiger charge is 2.21. The zero-order valence-electron chi connectivity index (χ0n) is 13.0. The highest BCUT2D eigenvalue weighted by atomic mass is 16.5. The van der Waals surface area contributed by atoms with Crippen LogP contribution >= 0.6 is 0 Å². The summed E-state index contributed by atoms with van der Waals surface area (Å²) < 4.78 is 16.2. The number of pyridine rings is 1. The molecule has 120 valence electrons. The number of likely N-dealkylation sites (N-methyl/N-ethyl adjacent to an activating group) is 1. The number of ether oxygens (including phenoxy) is 1. The van der Waals surface area contributed by atoms with Crippen LogP contribution in [0.15, 0.2) is 51.6 Å². The molecule has 0 bridgehead atoms. The van der Waals surface area contributed by atoms with E-state index in [0.29, 0.717) is 30.7 Å². The molecular formula is C16H18N4O3. The lowest BCUT2D eigenvalue weighted by Crippen LogP contribution is -2.28. The zero-order valence-corrected chi connectivity index (χ0v) is 13.0. The predicted octanol–water partition coefficient (Wildman–Crippen LogP) is 2.54. The monoisotopic (exact) mass is 314 g/mol. The highest BCUT2D eigenvalue weighted by Crippen LogP contribution is 2.22. The molecule has 0 amide bonds. The van der Waals surface area contributed by atoms with Crippen molar-refractivity contribution in [2.75, 3.05) is 20.8 Å². The van der Waals surface area contributed by atoms with E-state index < -0.39 is 0 Å². The molecule has 0 unspecified atom stereocenters. The lowest BCUT2D eigenvalue weighted by Gasteiger charge is -2.25. The van der Waals surface area contributed by atoms with Crippen LogP contribution in [0.1, 0.15) is 17.6 Å². The van der Waals surface area contributed by atoms with Gasteiger partial charge in [-0.25, -0.2) is 0 Å². The Morgan fingerprint density at radius 2 is 2.13 bits per heavy atom. The van der Waals surface area contributed by atoms with Crippen LogP contribution in [0.5, 0.6) is 0 Å². The molecule has 7 nitrogen and oxygen atoms in total. The lowest BCUT2D eigenvalue weighted by atomic mass is 10.1. The van der Waals surface area contributed by atoms with Crippen molar-refractivity contribution < 1.29 is 13.6 Å². The van der Waals surface area contributed by atoms with Crippen molar-refractivity contribution in [3.05, 3.63) is 54.4 Å². The molecule has 0 aliphatic heterocycles. The van der Waals surface area contributed by atoms with E-state index in [-0.39, 0.29) is 6.04 Å². The summed E-state index contributed by atoms with van der Waals surface area (Å²) >= 11 is 0. The molecule has 23 heavy (non-hydrogen) atoms. The maximum absolute atomic E-state index is 5.64. The fourth-order valence-corrected chi connectivity index (χ4v) is 2.31. The first-order valence-electron chi connectivity index (χ1n) is 7.24. The molecule has 7 heteroatoms. The van der Waals surface area contributed by atoms with Crippen molar-refractivity contribution in [2.45, 2.75) is 12.6 Å². The van der Waals surface area contributed by atoms with Gasteiger partial charge < -0.3 is 13.6 Å². The summed E-state index contributed by atoms with van der Waals surface area (Å²) in [5.41, 5.74) is 0.933. The van der Waals surface area contributed by atoms with E-state index in [0.717, 1.165) is 5.69 Å². The second-order valence-corrected chi connectivity index (χ2v) is 5.12. The van der Waals surface area contributed by atoms with Crippen LogP contribution in [0.25, 0.3) is 11.7 Å². The Labute approximate surface area is 133 Å². The average molecular weight is 314 g/mol. The Morgan fingerprint density at radius 1 is 1.22 bits per heavy atom. The van der Waals surface area contributed by atoms with E-state index in [2.05, 4.69) is 20.1 Å². The second kappa shape index (κ2) is 7.17. The van der Waals surface area contributed by atoms with E-state index in [1.54, 1.807) is 31.7 Å². The number of methoxy groups -OCH3 is 1. The first kappa shape index (κ1) is 15.4. The van der Waals surface area contributed by atoms with E-state index >= 15 is 0 Å². The molecule has 0 aromatic carbocycles. The Kier molecular flexibility index (Phi) is 4.80. The molecule has 3 aromatic rings. The summed E-state index contributed by atoms with van der Waals surface area (Å²) in [5, 5.41) is 8.07. The Balaban J connectivity index is 1.73. The molecule has 0 spiro atoms. The van der Waals surface area contributed by atoms with Crippen molar-refractivity contribution in [2.24, 2.45) is 0 Å². The van der Waals surface area contributed by atoms with Crippen LogP contribution in [0.2, 0.25) is 0 Å². The molecule has 1 atom stereocenters. The summed E-state index contributed by atoms with van der Waals surface area (Å²) in [7, 11) is 3.64. The quantitative estimate of drug-likeness (QED) is 0.663. The number of hydrogen-bond donors (Lipinski definition) is 0. The van der Waals surface area contributed by atoms with Gasteiger partial charge in [0.25, 0.3) is 5.89 Å². The Morgan fingerprint density at radius 3 is 2.83 bits per heavy atom. The van der Waals surface area contributed by atoms with Crippen LogP contribution < -0.4 is 0 Å². The van der Waals surface area contributed by atoms with Crippen molar-refractivity contribution >= 4 is 0 Å². The standard InChI is InChI=1S/C16H18N4O3/c1-20(13(11-21-2)12-6-3-4-8-17-12)10-15-18-19-16(23-15)14-7-5-9-22-14/h3-9,13H,10-11H2,1-2H3/t13-/m1/s1. The van der Waals surface area contributed by atoms with E-state index in [9.17, 15) is 0 Å². The third kappa shape index (κ3) is 3.64. The van der Waals surface area contributed by atoms with Gasteiger partial charge in [-0.05, 0) is 31.3 Å². The Bertz CT molecular complexity index is 712. The van der Waals surface area contributed by atoms with Crippen LogP contribution in [-0.4, -0.2) is 40.8 Å². The van der Waals surface area contributed by atoms with E-state index in [4.69, 9.17) is 13.6 Å². The predicted molar refractivity (Wildman–Crippen MR) is 82.3 cm³/mol. The van der Waals surface area contributed by atoms with Gasteiger partial charge in [0.2, 0.25) is 5.89 Å². The first-order chi connectivity index (χ1) is 11.3. The van der Waals surface area contributed by atoms with E-state index in [1.165, 1.54) is 0 Å². The molecule has 0 aliphatic rings. The third-order valence-corrected chi connectivity index (χ3v) is 3.47. The topological polar surface area (TPSA) is 77.4 Å². The first-order valence-corrected chi connectivity index (χ1v) is 7.24. The van der Waals surface area contributed by atoms with Crippen molar-refractivity contribution in [1.29, 1.82) is 0 Å². The molecule has 3 heterocycles. The molecule has 0 N–H and O–H groups in total. The fraction of sp³-hybridized carbons (Fsp3) is 0.312. The van der Waals surface area contributed by atoms with E-state index in [1.807, 2.05) is 25.2 Å². The normalized spacial score (nSPS) is 12.7. The van der Waals surface area contributed by atoms with Gasteiger partial charge in [0, 0.05) is 13.3 Å². The number of nitrogens with zero attached hydrogens (tertiary/aromatic N) is 4. The Hall–Kier alpha value is -2.51. The minimum atomic E-state index is 0.000151. The molecule has 0 saturated heterocycles. The maximum atomic E-state index is 5.64. The second-order valence-electron chi connectivity index (χ2n) is 5.12. The smallest absolute Gasteiger partial charge is 0.283 e. The lowest BCUT2D eigenvalue weighted by molar-refractivity contribution is 0.0948. The van der Waals surface area contributed by atoms with Gasteiger partial charge in [0.15, 0.2) is 5.76 Å². The number of rotatable bonds is 7. The summed E-state index contributed by atoms with van der Waals surface area (Å²) in [6, 6.07) is 9.38. The SMILES string of the molecule is COC[C@H](c1ccccn1)N(C)Cc1nnc(-c2ccco2)o1. The van der Waals surface area contributed by atoms with Crippen molar-refractivity contribution in [3.63, 3.8) is 0 Å². The van der Waals surface area contributed by atoms with Gasteiger partial charge in [-0.15, -0.1) is 10.2 Å². The third-order valence-electron chi connectivity index (χ3n) is 3.47. The van der Waals surface area contributed by atoms with Gasteiger partial charge in [-0.1, -0.05) is 6.07 Å². The minimum absolute atomic E-state index is 0.000151. The van der Waals surface area contributed by atoms with Crippen molar-refractivity contribution in [3.8, 4) is 11.7 Å². The minimum Gasteiger partial charge on any atom is -0.459 e. The fourth-order valence-electron chi connectivity index (χ4n) is 2.31. The molecule has 0 fully saturated rings. The molecule has 0 aliphatic carbocycles. The number of aromatic nitrogens is 3. The van der Waals surface area contributed by atoms with Crippen LogP contribution in [-0.2, 0) is 11.3 Å². The van der Waals surface area contributed by atoms with Crippen molar-refractivity contribution in [1.82, 2.24) is 20.1 Å². The van der Waals surface area contributed by atoms with Crippen LogP contribution in [0.3, 0.4) is 0 Å². The van der Waals surface area contributed by atoms with Crippen LogP contribution in [0, 0.1) is 0 Å². The van der Waals surface area contributed by atoms with Gasteiger partial charge >= 0.3 is 0 Å². The average Bonchev–Trinajstić information content (AvgIpc) is 3.24. The summed E-state index contributed by atoms with van der Waals surface area (Å²) in [4.78, 5) is 6.46. The van der Waals surface area contributed by atoms with Gasteiger partial charge in [0.05, 0.1) is 31.2 Å². The molecule has 3 rings (SSSR count). The maximum Gasteiger partial charge on any atom is 0.283 e. The van der Waals surface area contributed by atoms with Gasteiger partial charge in [-0.2, -0.15) is 0 Å². The molecule has 3 aromatic heterocycles. The molecule has 0 saturated carbocycles. The highest BCUT2D eigenvalue weighted by molar-refractivity contribution is 5.42. The summed E-state index contributed by atoms with van der Waals surface area (Å²) in [5.74, 6) is 1.44. The summed E-state index contributed by atoms with van der Waals surface area (Å²) in [6.07, 6.45) is 3.34. The van der Waals surface area contributed by atoms with Gasteiger partial charge in [0.1, 0.15) is 0 Å². The molecule has 0 radical (unpaired) electrons. The number of furan rings is 1. The number of hydrogen-bond acceptors (Lipinski definition) is 7. The van der Waals surface area contributed by atoms with Crippen LogP contribution in [0.4, 0.5) is 0 Å². The largest absolute Gasteiger partial charge is 0.459 e. The van der Waals surface area contributed by atoms with Gasteiger partial charge in [-0.3, -0.25) is 9.88 Å². The summed E-state index contributed by atoms with van der Waals surface area (Å²) in [6.45, 7) is 1.00.